The van der Waals surface area contributed by atoms with Gasteiger partial charge in [0.05, 0.1) is 0 Å². The SMILES string of the molecule is CCCCOC(CN(CC(OCCCC)OC(=O)N(C)C1CC2CCC1C2)N(C)C(=O)[CH2][Sn]([CH3])([CH3])[CH3])OC(=O)N(C)C1CC2CCC1C2. The average Bonchev–Trinajstić information content (AvgIpc) is 3.86. The number of unbranched alkanes of at least 4 members (excludes halogenated alkanes) is 2. The molecule has 4 aliphatic carbocycles. The minimum atomic E-state index is -2.53. The maximum absolute atomic E-state index is 13.7. The van der Waals surface area contributed by atoms with Crippen LogP contribution in [-0.2, 0) is 23.7 Å². The molecule has 276 valence electrons. The van der Waals surface area contributed by atoms with Crippen molar-refractivity contribution < 1.29 is 33.3 Å². The molecule has 4 fully saturated rings. The van der Waals surface area contributed by atoms with Gasteiger partial charge in [-0.1, -0.05) is 12.8 Å². The van der Waals surface area contributed by atoms with Crippen LogP contribution in [-0.4, -0.2) is 128 Å². The van der Waals surface area contributed by atoms with E-state index in [0.29, 0.717) is 41.3 Å². The molecule has 4 bridgehead atoms. The Kier molecular flexibility index (Phi) is 15.0. The standard InChI is InChI=1S/C33H57N4O7.3CH3.Sn/c1-7-9-15-41-30(43-32(39)34(4)28-19-24-11-13-26(28)17-24)21-37(36(6)23(3)38)22-31(42-16-10-8-2)44-33(40)35(5)29-20-25-12-14-27(29)18-25;;;;/h24-31H,3,7-22H2,1-2,4-6H3;3*1H3;. The van der Waals surface area contributed by atoms with Crippen LogP contribution in [0, 0.1) is 23.7 Å². The number of hydrogen-bond acceptors (Lipinski definition) is 8. The van der Waals surface area contributed by atoms with Gasteiger partial charge in [0.1, 0.15) is 0 Å². The van der Waals surface area contributed by atoms with Crippen molar-refractivity contribution in [3.63, 3.8) is 0 Å². The quantitative estimate of drug-likeness (QED) is 0.0611. The Morgan fingerprint density at radius 2 is 1.12 bits per heavy atom. The van der Waals surface area contributed by atoms with E-state index in [1.54, 1.807) is 26.9 Å². The van der Waals surface area contributed by atoms with Crippen molar-refractivity contribution in [3.8, 4) is 0 Å². The van der Waals surface area contributed by atoms with E-state index in [2.05, 4.69) is 28.7 Å². The van der Waals surface area contributed by atoms with Crippen LogP contribution in [0.15, 0.2) is 0 Å². The Morgan fingerprint density at radius 3 is 1.46 bits per heavy atom. The predicted octanol–water partition coefficient (Wildman–Crippen LogP) is 6.80. The van der Waals surface area contributed by atoms with Crippen molar-refractivity contribution in [1.82, 2.24) is 19.8 Å². The summed E-state index contributed by atoms with van der Waals surface area (Å²) >= 11 is -2.53. The molecule has 0 N–H and O–H groups in total. The van der Waals surface area contributed by atoms with Gasteiger partial charge in [-0.25, -0.2) is 0 Å². The van der Waals surface area contributed by atoms with E-state index in [1.165, 1.54) is 25.7 Å². The van der Waals surface area contributed by atoms with Crippen LogP contribution in [0.4, 0.5) is 9.59 Å². The summed E-state index contributed by atoms with van der Waals surface area (Å²) in [5, 5.41) is 3.40. The first-order valence-corrected chi connectivity index (χ1v) is 29.5. The van der Waals surface area contributed by atoms with E-state index in [4.69, 9.17) is 18.9 Å². The molecule has 0 aliphatic heterocycles. The zero-order valence-electron chi connectivity index (χ0n) is 31.3. The monoisotopic (exact) mass is 786 g/mol. The molecule has 12 heteroatoms. The van der Waals surface area contributed by atoms with Crippen molar-refractivity contribution >= 4 is 36.5 Å². The van der Waals surface area contributed by atoms with E-state index < -0.39 is 43.1 Å². The third-order valence-corrected chi connectivity index (χ3v) is 15.1. The van der Waals surface area contributed by atoms with E-state index >= 15 is 0 Å². The number of amides is 3. The molecule has 3 amide bonds. The summed E-state index contributed by atoms with van der Waals surface area (Å²) in [5.41, 5.74) is 0. The van der Waals surface area contributed by atoms with Gasteiger partial charge in [-0.05, 0) is 0 Å². The van der Waals surface area contributed by atoms with Gasteiger partial charge in [0.25, 0.3) is 0 Å². The number of hydrogen-bond donors (Lipinski definition) is 0. The molecular formula is C36H66N4O7Sn. The molecule has 4 saturated carbocycles. The summed E-state index contributed by atoms with van der Waals surface area (Å²) < 4.78 is 25.1. The number of fused-ring (bicyclic) bond motifs is 4. The van der Waals surface area contributed by atoms with Gasteiger partial charge in [-0.3, -0.25) is 0 Å². The Bertz CT molecular complexity index is 996. The number of rotatable bonds is 19. The summed E-state index contributed by atoms with van der Waals surface area (Å²) in [6, 6.07) is 0.380. The molecule has 0 aromatic rings. The second kappa shape index (κ2) is 18.3. The molecule has 48 heavy (non-hydrogen) atoms. The van der Waals surface area contributed by atoms with Gasteiger partial charge in [-0.2, -0.15) is 0 Å². The second-order valence-electron chi connectivity index (χ2n) is 16.3. The van der Waals surface area contributed by atoms with Gasteiger partial charge < -0.3 is 0 Å². The van der Waals surface area contributed by atoms with Crippen molar-refractivity contribution in [1.29, 1.82) is 0 Å². The zero-order chi connectivity index (χ0) is 35.0. The van der Waals surface area contributed by atoms with Crippen LogP contribution < -0.4 is 0 Å². The fraction of sp³-hybridized carbons (Fsp3) is 0.917. The molecule has 8 unspecified atom stereocenters. The van der Waals surface area contributed by atoms with Gasteiger partial charge in [-0.15, -0.1) is 0 Å². The summed E-state index contributed by atoms with van der Waals surface area (Å²) in [4.78, 5) is 51.0. The van der Waals surface area contributed by atoms with Crippen LogP contribution in [0.3, 0.4) is 0 Å². The topological polar surface area (TPSA) is 101 Å². The molecule has 4 aliphatic rings. The molecule has 11 nitrogen and oxygen atoms in total. The van der Waals surface area contributed by atoms with Crippen LogP contribution in [0.1, 0.15) is 90.9 Å². The molecule has 0 spiro atoms. The predicted molar refractivity (Wildman–Crippen MR) is 189 cm³/mol. The van der Waals surface area contributed by atoms with E-state index in [1.807, 2.05) is 14.1 Å². The van der Waals surface area contributed by atoms with E-state index in [0.717, 1.165) is 51.4 Å². The van der Waals surface area contributed by atoms with E-state index in [-0.39, 0.29) is 31.1 Å². The van der Waals surface area contributed by atoms with Gasteiger partial charge in [0.2, 0.25) is 0 Å². The maximum atomic E-state index is 13.7. The summed E-state index contributed by atoms with van der Waals surface area (Å²) in [6.45, 7) is 5.24. The van der Waals surface area contributed by atoms with Crippen LogP contribution in [0.2, 0.25) is 19.3 Å². The number of carbonyl (C=O) groups is 3. The van der Waals surface area contributed by atoms with Gasteiger partial charge >= 0.3 is 283 Å². The minimum absolute atomic E-state index is 0.00577. The van der Waals surface area contributed by atoms with Crippen molar-refractivity contribution in [2.45, 2.75) is 135 Å². The Morgan fingerprint density at radius 1 is 0.688 bits per heavy atom. The second-order valence-corrected chi connectivity index (χ2v) is 31.9. The fourth-order valence-electron chi connectivity index (χ4n) is 8.39. The van der Waals surface area contributed by atoms with Crippen LogP contribution >= 0.6 is 0 Å². The number of carbonyl (C=O) groups excluding carboxylic acids is 3. The summed E-state index contributed by atoms with van der Waals surface area (Å²) in [6.07, 6.45) is 10.1. The third kappa shape index (κ3) is 11.1. The molecule has 0 aromatic heterocycles. The van der Waals surface area contributed by atoms with E-state index in [9.17, 15) is 14.4 Å². The van der Waals surface area contributed by atoms with Crippen molar-refractivity contribution in [2.24, 2.45) is 23.7 Å². The van der Waals surface area contributed by atoms with Gasteiger partial charge in [0.15, 0.2) is 0 Å². The van der Waals surface area contributed by atoms with Crippen LogP contribution in [0.5, 0.6) is 0 Å². The molecule has 0 aromatic carbocycles. The molecule has 0 heterocycles. The van der Waals surface area contributed by atoms with Crippen LogP contribution in [0.25, 0.3) is 0 Å². The van der Waals surface area contributed by atoms with Crippen molar-refractivity contribution in [2.75, 3.05) is 47.4 Å². The Balaban J connectivity index is 1.50. The normalized spacial score (nSPS) is 27.3. The van der Waals surface area contributed by atoms with Crippen molar-refractivity contribution in [3.05, 3.63) is 0 Å². The molecule has 4 rings (SSSR count). The third-order valence-electron chi connectivity index (χ3n) is 11.2. The first-order valence-electron chi connectivity index (χ1n) is 18.9. The first-order chi connectivity index (χ1) is 22.8. The fourth-order valence-corrected chi connectivity index (χ4v) is 11.6. The average molecular weight is 786 g/mol. The van der Waals surface area contributed by atoms with Gasteiger partial charge in [0, 0.05) is 0 Å². The first kappa shape index (κ1) is 39.5. The zero-order valence-corrected chi connectivity index (χ0v) is 34.1. The molecule has 0 saturated heterocycles. The number of nitrogens with zero attached hydrogens (tertiary/aromatic N) is 4. The summed E-state index contributed by atoms with van der Waals surface area (Å²) in [5.74, 6) is 2.46. The summed E-state index contributed by atoms with van der Waals surface area (Å²) in [7, 11) is 5.42. The molecular weight excluding hydrogens is 719 g/mol. The molecule has 0 radical (unpaired) electrons. The Labute approximate surface area is 294 Å². The number of hydrazine groups is 1. The molecule has 8 atom stereocenters. The Hall–Kier alpha value is -1.31. The number of ether oxygens (including phenoxy) is 4.